The molecule has 1 aromatic heterocycles. The Morgan fingerprint density at radius 2 is 1.84 bits per heavy atom. The fraction of sp³-hybridized carbons (Fsp3) is 0.304. The number of fused-ring (bicyclic) bond motifs is 2. The fourth-order valence-electron chi connectivity index (χ4n) is 3.41. The molecule has 2 aromatic carbocycles. The van der Waals surface area contributed by atoms with Crippen LogP contribution in [-0.4, -0.2) is 61.0 Å². The lowest BCUT2D eigenvalue weighted by Crippen LogP contribution is -2.40. The minimum absolute atomic E-state index is 0.154. The molecule has 0 aliphatic carbocycles. The molecule has 9 heteroatoms. The number of likely N-dealkylation sites (N-methyl/N-ethyl adjacent to an activating group) is 1. The number of aromatic amines is 1. The zero-order valence-electron chi connectivity index (χ0n) is 18.3. The SMILES string of the molecule is COc1ccc(NC(=S)N(CCN(C)C)Cc2cc3cc4c(cc3[nH]c2=O)OCO4)cc1. The number of thiocarbonyl (C=S) groups is 1. The molecule has 0 radical (unpaired) electrons. The van der Waals surface area contributed by atoms with Crippen LogP contribution in [0.4, 0.5) is 5.69 Å². The van der Waals surface area contributed by atoms with Gasteiger partial charge in [0.05, 0.1) is 19.2 Å². The normalized spacial score (nSPS) is 12.2. The first-order chi connectivity index (χ1) is 15.4. The lowest BCUT2D eigenvalue weighted by molar-refractivity contribution is 0.174. The Hall–Kier alpha value is -3.30. The van der Waals surface area contributed by atoms with Crippen molar-refractivity contribution in [2.75, 3.05) is 46.4 Å². The molecule has 8 nitrogen and oxygen atoms in total. The molecule has 1 aliphatic heterocycles. The summed E-state index contributed by atoms with van der Waals surface area (Å²) in [5.74, 6) is 2.09. The maximum atomic E-state index is 12.8. The average molecular weight is 455 g/mol. The molecule has 1 aliphatic rings. The molecule has 0 saturated carbocycles. The minimum atomic E-state index is -0.154. The highest BCUT2D eigenvalue weighted by molar-refractivity contribution is 7.80. The highest BCUT2D eigenvalue weighted by atomic mass is 32.1. The van der Waals surface area contributed by atoms with Gasteiger partial charge >= 0.3 is 0 Å². The van der Waals surface area contributed by atoms with Crippen LogP contribution in [0.1, 0.15) is 5.56 Å². The van der Waals surface area contributed by atoms with E-state index in [1.54, 1.807) is 13.2 Å². The summed E-state index contributed by atoms with van der Waals surface area (Å²) in [5, 5.41) is 4.69. The van der Waals surface area contributed by atoms with Crippen LogP contribution in [0.2, 0.25) is 0 Å². The van der Waals surface area contributed by atoms with Gasteiger partial charge in [-0.25, -0.2) is 0 Å². The predicted octanol–water partition coefficient (Wildman–Crippen LogP) is 3.03. The van der Waals surface area contributed by atoms with E-state index in [-0.39, 0.29) is 12.4 Å². The summed E-state index contributed by atoms with van der Waals surface area (Å²) in [4.78, 5) is 19.8. The quantitative estimate of drug-likeness (QED) is 0.528. The Labute approximate surface area is 191 Å². The maximum absolute atomic E-state index is 12.8. The molecule has 32 heavy (non-hydrogen) atoms. The summed E-state index contributed by atoms with van der Waals surface area (Å²) in [6.45, 7) is 2.00. The van der Waals surface area contributed by atoms with E-state index in [0.717, 1.165) is 23.4 Å². The molecule has 0 amide bonds. The van der Waals surface area contributed by atoms with Crippen LogP contribution in [0, 0.1) is 0 Å². The van der Waals surface area contributed by atoms with Crippen LogP contribution in [-0.2, 0) is 6.54 Å². The fourth-order valence-corrected chi connectivity index (χ4v) is 3.69. The number of methoxy groups -OCH3 is 1. The van der Waals surface area contributed by atoms with Crippen molar-refractivity contribution in [1.29, 1.82) is 0 Å². The second-order valence-corrected chi connectivity index (χ2v) is 8.19. The van der Waals surface area contributed by atoms with Crippen LogP contribution in [0.25, 0.3) is 10.9 Å². The highest BCUT2D eigenvalue weighted by Crippen LogP contribution is 2.35. The zero-order valence-corrected chi connectivity index (χ0v) is 19.1. The molecule has 0 fully saturated rings. The Morgan fingerprint density at radius 3 is 2.53 bits per heavy atom. The monoisotopic (exact) mass is 454 g/mol. The number of pyridine rings is 1. The van der Waals surface area contributed by atoms with Gasteiger partial charge in [-0.3, -0.25) is 4.79 Å². The molecular weight excluding hydrogens is 428 g/mol. The number of aromatic nitrogens is 1. The molecule has 3 aromatic rings. The van der Waals surface area contributed by atoms with Crippen molar-refractivity contribution in [3.05, 3.63) is 58.4 Å². The van der Waals surface area contributed by atoms with Gasteiger partial charge in [0.15, 0.2) is 16.6 Å². The first kappa shape index (κ1) is 21.9. The molecule has 0 unspecified atom stereocenters. The third-order valence-electron chi connectivity index (χ3n) is 5.22. The van der Waals surface area contributed by atoms with Crippen molar-refractivity contribution in [2.24, 2.45) is 0 Å². The van der Waals surface area contributed by atoms with E-state index in [4.69, 9.17) is 26.4 Å². The van der Waals surface area contributed by atoms with E-state index in [1.165, 1.54) is 0 Å². The van der Waals surface area contributed by atoms with Gasteiger partial charge in [-0.05, 0) is 62.7 Å². The van der Waals surface area contributed by atoms with E-state index < -0.39 is 0 Å². The summed E-state index contributed by atoms with van der Waals surface area (Å²) in [7, 11) is 5.64. The van der Waals surface area contributed by atoms with E-state index in [0.29, 0.717) is 40.8 Å². The van der Waals surface area contributed by atoms with Crippen LogP contribution in [0.15, 0.2) is 47.3 Å². The number of ether oxygens (including phenoxy) is 3. The number of H-pyrrole nitrogens is 1. The van der Waals surface area contributed by atoms with Crippen molar-refractivity contribution in [1.82, 2.24) is 14.8 Å². The van der Waals surface area contributed by atoms with Crippen molar-refractivity contribution in [3.63, 3.8) is 0 Å². The topological polar surface area (TPSA) is 79.1 Å². The lowest BCUT2D eigenvalue weighted by atomic mass is 10.1. The third kappa shape index (κ3) is 4.95. The van der Waals surface area contributed by atoms with Gasteiger partial charge in [0.2, 0.25) is 6.79 Å². The summed E-state index contributed by atoms with van der Waals surface area (Å²) in [6, 6.07) is 13.1. The van der Waals surface area contributed by atoms with Crippen molar-refractivity contribution in [2.45, 2.75) is 6.54 Å². The standard InChI is InChI=1S/C23H26N4O4S/c1-26(2)8-9-27(23(32)24-17-4-6-18(29-3)7-5-17)13-16-10-15-11-20-21(31-14-30-20)12-19(15)25-22(16)28/h4-7,10-12H,8-9,13-14H2,1-3H3,(H,24,32)(H,25,28). The number of anilines is 1. The Morgan fingerprint density at radius 1 is 1.12 bits per heavy atom. The van der Waals surface area contributed by atoms with Gasteiger partial charge < -0.3 is 34.3 Å². The van der Waals surface area contributed by atoms with Gasteiger partial charge in [-0.2, -0.15) is 0 Å². The number of rotatable bonds is 7. The zero-order chi connectivity index (χ0) is 22.7. The third-order valence-corrected chi connectivity index (χ3v) is 5.58. The van der Waals surface area contributed by atoms with Crippen molar-refractivity contribution < 1.29 is 14.2 Å². The van der Waals surface area contributed by atoms with Crippen molar-refractivity contribution in [3.8, 4) is 17.2 Å². The van der Waals surface area contributed by atoms with Crippen LogP contribution in [0.5, 0.6) is 17.2 Å². The van der Waals surface area contributed by atoms with E-state index in [2.05, 4.69) is 15.2 Å². The Balaban J connectivity index is 1.57. The van der Waals surface area contributed by atoms with Gasteiger partial charge in [-0.15, -0.1) is 0 Å². The van der Waals surface area contributed by atoms with E-state index >= 15 is 0 Å². The number of benzene rings is 2. The number of nitrogens with one attached hydrogen (secondary N) is 2. The molecule has 2 heterocycles. The molecule has 0 atom stereocenters. The summed E-state index contributed by atoms with van der Waals surface area (Å²) >= 11 is 5.69. The maximum Gasteiger partial charge on any atom is 0.253 e. The van der Waals surface area contributed by atoms with Gasteiger partial charge in [-0.1, -0.05) is 0 Å². The molecule has 0 bridgehead atoms. The number of hydrogen-bond donors (Lipinski definition) is 2. The Kier molecular flexibility index (Phi) is 6.48. The molecule has 168 valence electrons. The smallest absolute Gasteiger partial charge is 0.253 e. The van der Waals surface area contributed by atoms with Crippen molar-refractivity contribution >= 4 is 33.9 Å². The second kappa shape index (κ2) is 9.46. The number of hydrogen-bond acceptors (Lipinski definition) is 6. The summed E-state index contributed by atoms with van der Waals surface area (Å²) in [5.41, 5.74) is 2.03. The molecule has 0 spiro atoms. The van der Waals surface area contributed by atoms with E-state index in [9.17, 15) is 4.79 Å². The molecule has 2 N–H and O–H groups in total. The Bertz CT molecular complexity index is 1180. The minimum Gasteiger partial charge on any atom is -0.497 e. The first-order valence-corrected chi connectivity index (χ1v) is 10.6. The first-order valence-electron chi connectivity index (χ1n) is 10.2. The van der Waals surface area contributed by atoms with Gasteiger partial charge in [0.25, 0.3) is 5.56 Å². The number of nitrogens with zero attached hydrogens (tertiary/aromatic N) is 2. The van der Waals surface area contributed by atoms with Crippen LogP contribution >= 0.6 is 12.2 Å². The predicted molar refractivity (Wildman–Crippen MR) is 129 cm³/mol. The molecule has 0 saturated heterocycles. The summed E-state index contributed by atoms with van der Waals surface area (Å²) in [6.07, 6.45) is 0. The molecule has 4 rings (SSSR count). The van der Waals surface area contributed by atoms with E-state index in [1.807, 2.05) is 55.4 Å². The van der Waals surface area contributed by atoms with Crippen LogP contribution < -0.4 is 25.1 Å². The van der Waals surface area contributed by atoms with Crippen LogP contribution in [0.3, 0.4) is 0 Å². The average Bonchev–Trinajstić information content (AvgIpc) is 3.23. The molecular formula is C23H26N4O4S. The second-order valence-electron chi connectivity index (χ2n) is 7.80. The highest BCUT2D eigenvalue weighted by Gasteiger charge is 2.17. The summed E-state index contributed by atoms with van der Waals surface area (Å²) < 4.78 is 16.1. The lowest BCUT2D eigenvalue weighted by Gasteiger charge is -2.27. The van der Waals surface area contributed by atoms with Gasteiger partial charge in [0.1, 0.15) is 5.75 Å². The van der Waals surface area contributed by atoms with Gasteiger partial charge in [0, 0.05) is 35.8 Å². The largest absolute Gasteiger partial charge is 0.497 e.